The van der Waals surface area contributed by atoms with Crippen molar-refractivity contribution in [1.29, 1.82) is 0 Å². The van der Waals surface area contributed by atoms with Gasteiger partial charge in [0.2, 0.25) is 0 Å². The number of likely N-dealkylation sites (N-methyl/N-ethyl adjacent to an activating group) is 1. The zero-order valence-electron chi connectivity index (χ0n) is 12.1. The third kappa shape index (κ3) is 3.26. The molecule has 1 amide bonds. The van der Waals surface area contributed by atoms with E-state index in [2.05, 4.69) is 15.6 Å². The summed E-state index contributed by atoms with van der Waals surface area (Å²) in [5.74, 6) is -0.472. The van der Waals surface area contributed by atoms with E-state index in [1.807, 2.05) is 0 Å². The minimum atomic E-state index is -0.316. The standard InChI is InChI=1S/C14H16FN5O.ClH/c1-19(12-6-7-16-8-12)14(21)13-9-20(18-17-13)11-4-2-10(15)3-5-11;/h2-5,9,12,16H,6-8H2,1H3;1H. The first-order valence-electron chi connectivity index (χ1n) is 6.81. The number of hydrogen-bond donors (Lipinski definition) is 1. The van der Waals surface area contributed by atoms with Gasteiger partial charge in [-0.15, -0.1) is 17.5 Å². The summed E-state index contributed by atoms with van der Waals surface area (Å²) in [4.78, 5) is 14.0. The molecule has 0 spiro atoms. The molecule has 1 unspecified atom stereocenters. The Morgan fingerprint density at radius 2 is 2.14 bits per heavy atom. The molecule has 8 heteroatoms. The average molecular weight is 326 g/mol. The van der Waals surface area contributed by atoms with Crippen molar-refractivity contribution < 1.29 is 9.18 Å². The van der Waals surface area contributed by atoms with E-state index in [0.717, 1.165) is 19.5 Å². The van der Waals surface area contributed by atoms with E-state index < -0.39 is 0 Å². The molecule has 3 rings (SSSR count). The summed E-state index contributed by atoms with van der Waals surface area (Å²) in [5, 5.41) is 11.1. The molecule has 1 aromatic carbocycles. The highest BCUT2D eigenvalue weighted by Crippen LogP contribution is 2.12. The van der Waals surface area contributed by atoms with Gasteiger partial charge in [-0.05, 0) is 37.2 Å². The second-order valence-electron chi connectivity index (χ2n) is 5.09. The van der Waals surface area contributed by atoms with Crippen LogP contribution in [-0.4, -0.2) is 52.0 Å². The van der Waals surface area contributed by atoms with E-state index in [4.69, 9.17) is 0 Å². The lowest BCUT2D eigenvalue weighted by atomic mass is 10.2. The number of benzene rings is 1. The molecule has 6 nitrogen and oxygen atoms in total. The van der Waals surface area contributed by atoms with E-state index in [-0.39, 0.29) is 35.9 Å². The van der Waals surface area contributed by atoms with Crippen LogP contribution in [0, 0.1) is 5.82 Å². The molecule has 0 radical (unpaired) electrons. The van der Waals surface area contributed by atoms with Crippen LogP contribution in [-0.2, 0) is 0 Å². The number of amides is 1. The fourth-order valence-electron chi connectivity index (χ4n) is 2.40. The minimum Gasteiger partial charge on any atom is -0.336 e. The van der Waals surface area contributed by atoms with Gasteiger partial charge < -0.3 is 10.2 Å². The monoisotopic (exact) mass is 325 g/mol. The van der Waals surface area contributed by atoms with Gasteiger partial charge in [0.25, 0.3) is 5.91 Å². The number of halogens is 2. The van der Waals surface area contributed by atoms with Crippen LogP contribution in [0.15, 0.2) is 30.5 Å². The normalized spacial score (nSPS) is 17.1. The molecule has 1 fully saturated rings. The maximum absolute atomic E-state index is 12.9. The Morgan fingerprint density at radius 1 is 1.41 bits per heavy atom. The Morgan fingerprint density at radius 3 is 2.77 bits per heavy atom. The van der Waals surface area contributed by atoms with Crippen LogP contribution in [0.1, 0.15) is 16.9 Å². The van der Waals surface area contributed by atoms with E-state index in [9.17, 15) is 9.18 Å². The molecule has 1 N–H and O–H groups in total. The molecule has 118 valence electrons. The van der Waals surface area contributed by atoms with Crippen molar-refractivity contribution in [2.24, 2.45) is 0 Å². The first-order chi connectivity index (χ1) is 10.1. The average Bonchev–Trinajstić information content (AvgIpc) is 3.18. The highest BCUT2D eigenvalue weighted by atomic mass is 35.5. The van der Waals surface area contributed by atoms with Gasteiger partial charge in [-0.25, -0.2) is 9.07 Å². The highest BCUT2D eigenvalue weighted by Gasteiger charge is 2.25. The van der Waals surface area contributed by atoms with Crippen molar-refractivity contribution in [3.8, 4) is 5.69 Å². The second kappa shape index (κ2) is 6.85. The summed E-state index contributed by atoms with van der Waals surface area (Å²) in [6, 6.07) is 6.04. The summed E-state index contributed by atoms with van der Waals surface area (Å²) in [7, 11) is 1.77. The van der Waals surface area contributed by atoms with E-state index in [1.165, 1.54) is 16.8 Å². The third-order valence-electron chi connectivity index (χ3n) is 3.71. The maximum atomic E-state index is 12.9. The molecule has 22 heavy (non-hydrogen) atoms. The van der Waals surface area contributed by atoms with Gasteiger partial charge in [-0.1, -0.05) is 5.21 Å². The number of nitrogens with zero attached hydrogens (tertiary/aromatic N) is 4. The van der Waals surface area contributed by atoms with Crippen molar-refractivity contribution in [3.63, 3.8) is 0 Å². The van der Waals surface area contributed by atoms with Gasteiger partial charge in [-0.3, -0.25) is 4.79 Å². The molecule has 1 aromatic heterocycles. The Kier molecular flexibility index (Phi) is 5.10. The summed E-state index contributed by atoms with van der Waals surface area (Å²) >= 11 is 0. The SMILES string of the molecule is CN(C(=O)c1cn(-c2ccc(F)cc2)nn1)C1CCNC1.Cl. The Labute approximate surface area is 133 Å². The lowest BCUT2D eigenvalue weighted by Crippen LogP contribution is -2.38. The highest BCUT2D eigenvalue weighted by molar-refractivity contribution is 5.92. The zero-order chi connectivity index (χ0) is 14.8. The first kappa shape index (κ1) is 16.4. The molecule has 0 aliphatic carbocycles. The maximum Gasteiger partial charge on any atom is 0.276 e. The predicted octanol–water partition coefficient (Wildman–Crippen LogP) is 1.26. The topological polar surface area (TPSA) is 63.1 Å². The summed E-state index contributed by atoms with van der Waals surface area (Å²) in [5.41, 5.74) is 0.946. The summed E-state index contributed by atoms with van der Waals surface area (Å²) in [6.45, 7) is 1.72. The Bertz CT molecular complexity index is 639. The smallest absolute Gasteiger partial charge is 0.276 e. The van der Waals surface area contributed by atoms with Crippen LogP contribution in [0.4, 0.5) is 4.39 Å². The molecule has 0 bridgehead atoms. The second-order valence-corrected chi connectivity index (χ2v) is 5.09. The van der Waals surface area contributed by atoms with E-state index >= 15 is 0 Å². The summed E-state index contributed by atoms with van der Waals surface area (Å²) < 4.78 is 14.4. The van der Waals surface area contributed by atoms with E-state index in [0.29, 0.717) is 5.69 Å². The van der Waals surface area contributed by atoms with Crippen LogP contribution in [0.25, 0.3) is 5.69 Å². The fourth-order valence-corrected chi connectivity index (χ4v) is 2.40. The number of carbonyl (C=O) groups excluding carboxylic acids is 1. The lowest BCUT2D eigenvalue weighted by Gasteiger charge is -2.22. The number of aromatic nitrogens is 3. The molecule has 0 saturated carbocycles. The summed E-state index contributed by atoms with van der Waals surface area (Å²) in [6.07, 6.45) is 2.50. The van der Waals surface area contributed by atoms with Crippen molar-refractivity contribution >= 4 is 18.3 Å². The van der Waals surface area contributed by atoms with Gasteiger partial charge in [0.15, 0.2) is 5.69 Å². The van der Waals surface area contributed by atoms with Crippen molar-refractivity contribution in [1.82, 2.24) is 25.2 Å². The molecule has 1 saturated heterocycles. The van der Waals surface area contributed by atoms with Crippen LogP contribution >= 0.6 is 12.4 Å². The van der Waals surface area contributed by atoms with Gasteiger partial charge in [0.1, 0.15) is 5.82 Å². The fraction of sp³-hybridized carbons (Fsp3) is 0.357. The first-order valence-corrected chi connectivity index (χ1v) is 6.81. The predicted molar refractivity (Wildman–Crippen MR) is 81.9 cm³/mol. The molecular formula is C14H17ClFN5O. The third-order valence-corrected chi connectivity index (χ3v) is 3.71. The molecular weight excluding hydrogens is 309 g/mol. The minimum absolute atomic E-state index is 0. The van der Waals surface area contributed by atoms with Crippen molar-refractivity contribution in [3.05, 3.63) is 42.0 Å². The molecule has 2 aromatic rings. The van der Waals surface area contributed by atoms with Gasteiger partial charge >= 0.3 is 0 Å². The molecule has 1 atom stereocenters. The lowest BCUT2D eigenvalue weighted by molar-refractivity contribution is 0.0737. The van der Waals surface area contributed by atoms with Crippen LogP contribution in [0.2, 0.25) is 0 Å². The molecule has 1 aliphatic rings. The largest absolute Gasteiger partial charge is 0.336 e. The zero-order valence-corrected chi connectivity index (χ0v) is 12.9. The number of carbonyl (C=O) groups is 1. The van der Waals surface area contributed by atoms with Crippen molar-refractivity contribution in [2.75, 3.05) is 20.1 Å². The van der Waals surface area contributed by atoms with Crippen molar-refractivity contribution in [2.45, 2.75) is 12.5 Å². The Hall–Kier alpha value is -1.99. The molecule has 2 heterocycles. The van der Waals surface area contributed by atoms with Gasteiger partial charge in [0, 0.05) is 19.6 Å². The number of hydrogen-bond acceptors (Lipinski definition) is 4. The molecule has 1 aliphatic heterocycles. The number of rotatable bonds is 3. The van der Waals surface area contributed by atoms with E-state index in [1.54, 1.807) is 30.3 Å². The quantitative estimate of drug-likeness (QED) is 0.923. The van der Waals surface area contributed by atoms with Crippen LogP contribution < -0.4 is 5.32 Å². The number of nitrogens with one attached hydrogen (secondary N) is 1. The van der Waals surface area contributed by atoms with Gasteiger partial charge in [0.05, 0.1) is 11.9 Å². The van der Waals surface area contributed by atoms with Crippen LogP contribution in [0.3, 0.4) is 0 Å². The van der Waals surface area contributed by atoms with Crippen LogP contribution in [0.5, 0.6) is 0 Å². The van der Waals surface area contributed by atoms with Gasteiger partial charge in [-0.2, -0.15) is 0 Å². The Balaban J connectivity index is 0.00000176.